The highest BCUT2D eigenvalue weighted by atomic mass is 35.5. The highest BCUT2D eigenvalue weighted by Gasteiger charge is 2.35. The van der Waals surface area contributed by atoms with Crippen LogP contribution in [-0.4, -0.2) is 7.11 Å². The maximum absolute atomic E-state index is 12.6. The van der Waals surface area contributed by atoms with Crippen LogP contribution in [0.15, 0.2) is 30.5 Å². The number of hydrogen-bond donors (Lipinski definition) is 0. The largest absolute Gasteiger partial charge is 0.618 e. The molecule has 2 aromatic rings. The summed E-state index contributed by atoms with van der Waals surface area (Å²) in [6.07, 6.45) is -4.21. The van der Waals surface area contributed by atoms with Gasteiger partial charge in [0.2, 0.25) is 5.69 Å². The Balaban J connectivity index is 2.60. The molecule has 0 aliphatic carbocycles. The quantitative estimate of drug-likeness (QED) is 0.604. The number of benzene rings is 1. The van der Waals surface area contributed by atoms with Gasteiger partial charge in [-0.15, -0.1) is 0 Å². The zero-order chi connectivity index (χ0) is 15.8. The summed E-state index contributed by atoms with van der Waals surface area (Å²) < 4.78 is 42.9. The Morgan fingerprint density at radius 3 is 2.33 bits per heavy atom. The molecule has 0 N–H and O–H groups in total. The number of alkyl halides is 3. The molecule has 0 amide bonds. The average molecular weight is 338 g/mol. The summed E-state index contributed by atoms with van der Waals surface area (Å²) in [6.45, 7) is 0. The highest BCUT2D eigenvalue weighted by molar-refractivity contribution is 6.33. The number of hydrogen-bond acceptors (Lipinski definition) is 2. The highest BCUT2D eigenvalue weighted by Crippen LogP contribution is 2.35. The van der Waals surface area contributed by atoms with Crippen LogP contribution in [-0.2, 0) is 6.18 Å². The van der Waals surface area contributed by atoms with Crippen molar-refractivity contribution in [2.45, 2.75) is 6.18 Å². The van der Waals surface area contributed by atoms with Crippen molar-refractivity contribution in [1.29, 1.82) is 0 Å². The fourth-order valence-corrected chi connectivity index (χ4v) is 2.27. The number of methoxy groups -OCH3 is 1. The normalized spacial score (nSPS) is 11.5. The second-order valence-electron chi connectivity index (χ2n) is 4.10. The van der Waals surface area contributed by atoms with E-state index in [0.717, 1.165) is 0 Å². The van der Waals surface area contributed by atoms with Gasteiger partial charge in [-0.2, -0.15) is 17.9 Å². The third-order valence-electron chi connectivity index (χ3n) is 2.74. The number of rotatable bonds is 2. The van der Waals surface area contributed by atoms with Gasteiger partial charge in [-0.05, 0) is 24.3 Å². The van der Waals surface area contributed by atoms with Gasteiger partial charge < -0.3 is 9.94 Å². The van der Waals surface area contributed by atoms with Crippen molar-refractivity contribution in [3.05, 3.63) is 51.3 Å². The second kappa shape index (κ2) is 5.61. The Morgan fingerprint density at radius 2 is 1.81 bits per heavy atom. The molecule has 2 rings (SSSR count). The molecule has 0 bridgehead atoms. The molecule has 1 heterocycles. The Bertz CT molecular complexity index is 667. The van der Waals surface area contributed by atoms with Crippen LogP contribution in [0.4, 0.5) is 13.2 Å². The van der Waals surface area contributed by atoms with Crippen LogP contribution < -0.4 is 9.47 Å². The molecule has 0 radical (unpaired) electrons. The van der Waals surface area contributed by atoms with Crippen LogP contribution in [0, 0.1) is 5.21 Å². The van der Waals surface area contributed by atoms with Crippen molar-refractivity contribution in [3.63, 3.8) is 0 Å². The van der Waals surface area contributed by atoms with Crippen LogP contribution >= 0.6 is 23.2 Å². The Morgan fingerprint density at radius 1 is 1.14 bits per heavy atom. The SMILES string of the molecule is COc1cc(-c2c(Cl)cc(C(F)(F)F)c[n+]2[O-])ccc1Cl. The molecule has 0 aliphatic heterocycles. The summed E-state index contributed by atoms with van der Waals surface area (Å²) in [5.41, 5.74) is -0.934. The van der Waals surface area contributed by atoms with Gasteiger partial charge in [0.25, 0.3) is 0 Å². The number of pyridine rings is 1. The fraction of sp³-hybridized carbons (Fsp3) is 0.154. The zero-order valence-corrected chi connectivity index (χ0v) is 12.1. The third kappa shape index (κ3) is 3.16. The molecule has 0 fully saturated rings. The lowest BCUT2D eigenvalue weighted by Gasteiger charge is -2.12. The molecule has 112 valence electrons. The smallest absolute Gasteiger partial charge is 0.422 e. The van der Waals surface area contributed by atoms with Crippen molar-refractivity contribution in [3.8, 4) is 17.0 Å². The minimum atomic E-state index is -4.65. The standard InChI is InChI=1S/C13H8Cl2F3NO2/c1-21-11-4-7(2-3-9(11)14)12-10(15)5-8(6-19(12)20)13(16,17)18/h2-6H,1H3. The Hall–Kier alpha value is -1.66. The zero-order valence-electron chi connectivity index (χ0n) is 10.5. The first kappa shape index (κ1) is 15.7. The summed E-state index contributed by atoms with van der Waals surface area (Å²) in [5.74, 6) is 0.283. The van der Waals surface area contributed by atoms with E-state index in [1.165, 1.54) is 25.3 Å². The molecule has 0 saturated heterocycles. The molecule has 0 atom stereocenters. The van der Waals surface area contributed by atoms with Gasteiger partial charge in [0.05, 0.1) is 17.7 Å². The second-order valence-corrected chi connectivity index (χ2v) is 4.91. The molecular formula is C13H8Cl2F3NO2. The van der Waals surface area contributed by atoms with Crippen molar-refractivity contribution < 1.29 is 22.6 Å². The van der Waals surface area contributed by atoms with E-state index in [1.54, 1.807) is 0 Å². The molecule has 3 nitrogen and oxygen atoms in total. The third-order valence-corrected chi connectivity index (χ3v) is 3.34. The van der Waals surface area contributed by atoms with Crippen LogP contribution in [0.3, 0.4) is 0 Å². The van der Waals surface area contributed by atoms with Gasteiger partial charge >= 0.3 is 6.18 Å². The van der Waals surface area contributed by atoms with E-state index < -0.39 is 11.7 Å². The molecule has 1 aromatic carbocycles. The number of halogens is 5. The van der Waals surface area contributed by atoms with Crippen molar-refractivity contribution in [1.82, 2.24) is 0 Å². The molecule has 0 spiro atoms. The van der Waals surface area contributed by atoms with E-state index in [4.69, 9.17) is 27.9 Å². The lowest BCUT2D eigenvalue weighted by atomic mass is 10.1. The molecule has 21 heavy (non-hydrogen) atoms. The topological polar surface area (TPSA) is 36.2 Å². The van der Waals surface area contributed by atoms with Crippen molar-refractivity contribution in [2.75, 3.05) is 7.11 Å². The lowest BCUT2D eigenvalue weighted by Crippen LogP contribution is -2.31. The summed E-state index contributed by atoms with van der Waals surface area (Å²) in [5, 5.41) is 11.8. The van der Waals surface area contributed by atoms with Crippen LogP contribution in [0.25, 0.3) is 11.3 Å². The predicted octanol–water partition coefficient (Wildman–Crippen LogP) is 4.32. The van der Waals surface area contributed by atoms with E-state index in [1.807, 2.05) is 0 Å². The minimum absolute atomic E-state index is 0.0772. The van der Waals surface area contributed by atoms with Gasteiger partial charge in [-0.3, -0.25) is 0 Å². The first-order valence-corrected chi connectivity index (χ1v) is 6.33. The molecule has 1 aromatic heterocycles. The van der Waals surface area contributed by atoms with E-state index in [2.05, 4.69) is 0 Å². The van der Waals surface area contributed by atoms with E-state index >= 15 is 0 Å². The molecule has 0 unspecified atom stereocenters. The first-order chi connectivity index (χ1) is 9.74. The van der Waals surface area contributed by atoms with Crippen molar-refractivity contribution >= 4 is 23.2 Å². The number of nitrogens with zero attached hydrogens (tertiary/aromatic N) is 1. The van der Waals surface area contributed by atoms with Gasteiger partial charge in [-0.1, -0.05) is 23.2 Å². The maximum atomic E-state index is 12.6. The maximum Gasteiger partial charge on any atom is 0.422 e. The van der Waals surface area contributed by atoms with Crippen LogP contribution in [0.2, 0.25) is 10.0 Å². The summed E-state index contributed by atoms with van der Waals surface area (Å²) >= 11 is 11.7. The molecular weight excluding hydrogens is 330 g/mol. The van der Waals surface area contributed by atoms with Gasteiger partial charge in [0, 0.05) is 0 Å². The van der Waals surface area contributed by atoms with E-state index in [0.29, 0.717) is 22.8 Å². The predicted molar refractivity (Wildman–Crippen MR) is 72.4 cm³/mol. The van der Waals surface area contributed by atoms with Gasteiger partial charge in [0.15, 0.2) is 6.20 Å². The minimum Gasteiger partial charge on any atom is -0.618 e. The Kier molecular flexibility index (Phi) is 4.20. The van der Waals surface area contributed by atoms with E-state index in [9.17, 15) is 18.4 Å². The summed E-state index contributed by atoms with van der Waals surface area (Å²) in [7, 11) is 1.38. The molecule has 8 heteroatoms. The summed E-state index contributed by atoms with van der Waals surface area (Å²) in [4.78, 5) is 0. The summed E-state index contributed by atoms with van der Waals surface area (Å²) in [6, 6.07) is 5.05. The van der Waals surface area contributed by atoms with Crippen LogP contribution in [0.1, 0.15) is 5.56 Å². The molecule has 0 saturated carbocycles. The monoisotopic (exact) mass is 337 g/mol. The Labute approximate surface area is 128 Å². The van der Waals surface area contributed by atoms with Crippen molar-refractivity contribution in [2.24, 2.45) is 0 Å². The number of aromatic nitrogens is 1. The first-order valence-electron chi connectivity index (χ1n) is 5.58. The number of ether oxygens (including phenoxy) is 1. The van der Waals surface area contributed by atoms with Gasteiger partial charge in [-0.25, -0.2) is 0 Å². The molecule has 0 aliphatic rings. The average Bonchev–Trinajstić information content (AvgIpc) is 2.38. The fourth-order valence-electron chi connectivity index (χ4n) is 1.77. The lowest BCUT2D eigenvalue weighted by molar-refractivity contribution is -0.594. The van der Waals surface area contributed by atoms with E-state index in [-0.39, 0.29) is 21.2 Å². The van der Waals surface area contributed by atoms with Crippen LogP contribution in [0.5, 0.6) is 5.75 Å². The van der Waals surface area contributed by atoms with Gasteiger partial charge in [0.1, 0.15) is 16.3 Å².